The van der Waals surface area contributed by atoms with Gasteiger partial charge in [0.05, 0.1) is 20.8 Å². The van der Waals surface area contributed by atoms with Gasteiger partial charge in [-0.1, -0.05) is 18.2 Å². The van der Waals surface area contributed by atoms with Gasteiger partial charge < -0.3 is 19.3 Å². The van der Waals surface area contributed by atoms with Crippen molar-refractivity contribution >= 4 is 6.29 Å². The van der Waals surface area contributed by atoms with E-state index in [-0.39, 0.29) is 11.5 Å². The number of aromatic hydroxyl groups is 1. The molecular weight excluding hydrogens is 284 g/mol. The summed E-state index contributed by atoms with van der Waals surface area (Å²) < 4.78 is 15.9. The van der Waals surface area contributed by atoms with Gasteiger partial charge in [-0.15, -0.1) is 0 Å². The van der Waals surface area contributed by atoms with Crippen molar-refractivity contribution in [1.29, 1.82) is 0 Å². The Morgan fingerprint density at radius 1 is 1.14 bits per heavy atom. The summed E-state index contributed by atoms with van der Waals surface area (Å²) in [4.78, 5) is 11.4. The Balaban J connectivity index is 2.77. The Bertz CT molecular complexity index is 679. The third kappa shape index (κ3) is 2.70. The normalized spacial score (nSPS) is 10.1. The average molecular weight is 302 g/mol. The Kier molecular flexibility index (Phi) is 4.88. The van der Waals surface area contributed by atoms with Crippen molar-refractivity contribution in [2.75, 3.05) is 20.8 Å². The zero-order valence-corrected chi connectivity index (χ0v) is 12.8. The first-order valence-electron chi connectivity index (χ1n) is 6.83. The van der Waals surface area contributed by atoms with Gasteiger partial charge >= 0.3 is 0 Å². The highest BCUT2D eigenvalue weighted by atomic mass is 16.5. The minimum atomic E-state index is -0.156. The predicted molar refractivity (Wildman–Crippen MR) is 83.2 cm³/mol. The van der Waals surface area contributed by atoms with Gasteiger partial charge in [-0.05, 0) is 19.1 Å². The fourth-order valence-electron chi connectivity index (χ4n) is 2.33. The molecule has 1 N–H and O–H groups in total. The molecule has 0 amide bonds. The largest absolute Gasteiger partial charge is 0.504 e. The first kappa shape index (κ1) is 15.7. The van der Waals surface area contributed by atoms with Crippen LogP contribution in [-0.2, 0) is 0 Å². The van der Waals surface area contributed by atoms with Crippen LogP contribution >= 0.6 is 0 Å². The van der Waals surface area contributed by atoms with Crippen LogP contribution in [0.3, 0.4) is 0 Å². The first-order valence-corrected chi connectivity index (χ1v) is 6.83. The second-order valence-corrected chi connectivity index (χ2v) is 4.47. The van der Waals surface area contributed by atoms with Gasteiger partial charge in [0.1, 0.15) is 5.75 Å². The van der Waals surface area contributed by atoms with Crippen LogP contribution in [0.25, 0.3) is 11.1 Å². The monoisotopic (exact) mass is 302 g/mol. The summed E-state index contributed by atoms with van der Waals surface area (Å²) in [5.41, 5.74) is 1.27. The van der Waals surface area contributed by atoms with Crippen LogP contribution in [0.4, 0.5) is 0 Å². The minimum Gasteiger partial charge on any atom is -0.504 e. The number of hydrogen-bond donors (Lipinski definition) is 1. The van der Waals surface area contributed by atoms with E-state index >= 15 is 0 Å². The van der Waals surface area contributed by atoms with Crippen LogP contribution in [0, 0.1) is 0 Å². The average Bonchev–Trinajstić information content (AvgIpc) is 2.55. The van der Waals surface area contributed by atoms with E-state index < -0.39 is 0 Å². The predicted octanol–water partition coefficient (Wildman–Crippen LogP) is 3.29. The molecule has 0 spiro atoms. The molecule has 116 valence electrons. The summed E-state index contributed by atoms with van der Waals surface area (Å²) in [5, 5.41) is 10.5. The Morgan fingerprint density at radius 3 is 2.45 bits per heavy atom. The SMILES string of the molecule is CCOc1ccccc1-c1c(C=O)cc(OC)c(OC)c1O. The third-order valence-electron chi connectivity index (χ3n) is 3.26. The molecule has 0 saturated heterocycles. The molecule has 5 heteroatoms. The van der Waals surface area contributed by atoms with Gasteiger partial charge in [0.2, 0.25) is 5.75 Å². The number of hydrogen-bond acceptors (Lipinski definition) is 5. The lowest BCUT2D eigenvalue weighted by Crippen LogP contribution is -1.99. The van der Waals surface area contributed by atoms with Gasteiger partial charge in [0.15, 0.2) is 17.8 Å². The fourth-order valence-corrected chi connectivity index (χ4v) is 2.33. The number of carbonyl (C=O) groups excluding carboxylic acids is 1. The van der Waals surface area contributed by atoms with Gasteiger partial charge in [0, 0.05) is 16.7 Å². The van der Waals surface area contributed by atoms with E-state index in [1.807, 2.05) is 19.1 Å². The van der Waals surface area contributed by atoms with Crippen molar-refractivity contribution in [3.63, 3.8) is 0 Å². The number of benzene rings is 2. The zero-order chi connectivity index (χ0) is 16.1. The molecule has 0 saturated carbocycles. The van der Waals surface area contributed by atoms with E-state index in [2.05, 4.69) is 0 Å². The molecule has 2 aromatic rings. The fraction of sp³-hybridized carbons (Fsp3) is 0.235. The minimum absolute atomic E-state index is 0.156. The summed E-state index contributed by atoms with van der Waals surface area (Å²) >= 11 is 0. The lowest BCUT2D eigenvalue weighted by Gasteiger charge is -2.17. The third-order valence-corrected chi connectivity index (χ3v) is 3.26. The van der Waals surface area contributed by atoms with E-state index in [1.165, 1.54) is 20.3 Å². The van der Waals surface area contributed by atoms with Gasteiger partial charge in [-0.2, -0.15) is 0 Å². The summed E-state index contributed by atoms with van der Waals surface area (Å²) in [6.45, 7) is 2.34. The van der Waals surface area contributed by atoms with Crippen molar-refractivity contribution in [1.82, 2.24) is 0 Å². The van der Waals surface area contributed by atoms with Crippen LogP contribution in [0.1, 0.15) is 17.3 Å². The van der Waals surface area contributed by atoms with Gasteiger partial charge in [-0.3, -0.25) is 4.79 Å². The van der Waals surface area contributed by atoms with E-state index in [4.69, 9.17) is 14.2 Å². The first-order chi connectivity index (χ1) is 10.7. The molecule has 2 rings (SSSR count). The standard InChI is InChI=1S/C17H18O5/c1-4-22-13-8-6-5-7-12(13)15-11(10-18)9-14(20-2)17(21-3)16(15)19/h5-10,19H,4H2,1-3H3. The van der Waals surface area contributed by atoms with E-state index in [0.717, 1.165) is 0 Å². The Hall–Kier alpha value is -2.69. The number of phenols is 1. The molecular formula is C17H18O5. The highest BCUT2D eigenvalue weighted by molar-refractivity contribution is 5.94. The van der Waals surface area contributed by atoms with Crippen molar-refractivity contribution in [2.45, 2.75) is 6.92 Å². The zero-order valence-electron chi connectivity index (χ0n) is 12.8. The molecule has 0 aliphatic heterocycles. The van der Waals surface area contributed by atoms with Gasteiger partial charge in [-0.25, -0.2) is 0 Å². The van der Waals surface area contributed by atoms with Crippen molar-refractivity contribution < 1.29 is 24.1 Å². The van der Waals surface area contributed by atoms with Crippen LogP contribution in [0.5, 0.6) is 23.0 Å². The maximum atomic E-state index is 11.4. The number of rotatable bonds is 6. The molecule has 2 aromatic carbocycles. The Labute approximate surface area is 129 Å². The molecule has 0 heterocycles. The molecule has 22 heavy (non-hydrogen) atoms. The second-order valence-electron chi connectivity index (χ2n) is 4.47. The van der Waals surface area contributed by atoms with Crippen molar-refractivity contribution in [3.05, 3.63) is 35.9 Å². The molecule has 0 atom stereocenters. The summed E-state index contributed by atoms with van der Waals surface area (Å²) in [5.74, 6) is 0.890. The molecule has 0 fully saturated rings. The second kappa shape index (κ2) is 6.85. The van der Waals surface area contributed by atoms with Crippen molar-refractivity contribution in [3.8, 4) is 34.1 Å². The smallest absolute Gasteiger partial charge is 0.203 e. The quantitative estimate of drug-likeness (QED) is 0.829. The van der Waals surface area contributed by atoms with Gasteiger partial charge in [0.25, 0.3) is 0 Å². The van der Waals surface area contributed by atoms with Crippen LogP contribution in [0.2, 0.25) is 0 Å². The number of aldehydes is 1. The number of phenolic OH excluding ortho intramolecular Hbond substituents is 1. The maximum absolute atomic E-state index is 11.4. The van der Waals surface area contributed by atoms with Crippen LogP contribution in [-0.4, -0.2) is 32.2 Å². The maximum Gasteiger partial charge on any atom is 0.203 e. The van der Waals surface area contributed by atoms with Crippen LogP contribution in [0.15, 0.2) is 30.3 Å². The van der Waals surface area contributed by atoms with E-state index in [1.54, 1.807) is 12.1 Å². The van der Waals surface area contributed by atoms with Crippen LogP contribution < -0.4 is 14.2 Å². The molecule has 0 radical (unpaired) electrons. The lowest BCUT2D eigenvalue weighted by atomic mass is 9.97. The molecule has 5 nitrogen and oxygen atoms in total. The highest BCUT2D eigenvalue weighted by Gasteiger charge is 2.22. The highest BCUT2D eigenvalue weighted by Crippen LogP contribution is 2.47. The van der Waals surface area contributed by atoms with Crippen molar-refractivity contribution in [2.24, 2.45) is 0 Å². The number of para-hydroxylation sites is 1. The molecule has 0 bridgehead atoms. The lowest BCUT2D eigenvalue weighted by molar-refractivity contribution is 0.112. The summed E-state index contributed by atoms with van der Waals surface area (Å²) in [7, 11) is 2.87. The molecule has 0 aliphatic rings. The topological polar surface area (TPSA) is 65.0 Å². The number of methoxy groups -OCH3 is 2. The Morgan fingerprint density at radius 2 is 1.86 bits per heavy atom. The molecule has 0 unspecified atom stereocenters. The molecule has 0 aromatic heterocycles. The van der Waals surface area contributed by atoms with E-state index in [9.17, 15) is 9.90 Å². The summed E-state index contributed by atoms with van der Waals surface area (Å²) in [6.07, 6.45) is 0.666. The number of ether oxygens (including phenoxy) is 3. The summed E-state index contributed by atoms with van der Waals surface area (Å²) in [6, 6.07) is 8.72. The number of carbonyl (C=O) groups is 1. The molecule has 0 aliphatic carbocycles. The van der Waals surface area contributed by atoms with E-state index in [0.29, 0.717) is 41.1 Å².